The van der Waals surface area contributed by atoms with E-state index in [1.807, 2.05) is 88.5 Å². The number of fused-ring (bicyclic) bond motifs is 8. The second-order valence-corrected chi connectivity index (χ2v) is 20.8. The number of benzene rings is 6. The second-order valence-electron chi connectivity index (χ2n) is 18.7. The predicted octanol–water partition coefficient (Wildman–Crippen LogP) is 12.7. The molecule has 12 nitrogen and oxygen atoms in total. The minimum atomic E-state index is -0.575. The smallest absolute Gasteiger partial charge is 0.414 e. The van der Waals surface area contributed by atoms with Gasteiger partial charge in [-0.3, -0.25) is 14.5 Å². The Morgan fingerprint density at radius 3 is 1.51 bits per heavy atom. The number of carbonyl (C=O) groups is 1. The summed E-state index contributed by atoms with van der Waals surface area (Å²) < 4.78 is 33.9. The lowest BCUT2D eigenvalue weighted by Crippen LogP contribution is -2.36. The molecule has 2 aliphatic rings. The first-order valence-electron chi connectivity index (χ1n) is 23.8. The molecule has 6 heterocycles. The van der Waals surface area contributed by atoms with Gasteiger partial charge in [0.25, 0.3) is 0 Å². The van der Waals surface area contributed by atoms with E-state index in [1.54, 1.807) is 41.9 Å². The lowest BCUT2D eigenvalue weighted by molar-refractivity contribution is 0.0589. The molecular formula is C57H52N4O8S2. The highest BCUT2D eigenvalue weighted by molar-refractivity contribution is 7.26. The molecule has 0 spiro atoms. The fourth-order valence-electron chi connectivity index (χ4n) is 9.44. The monoisotopic (exact) mass is 984 g/mol. The standard InChI is InChI=1S/C31H30N2O5S.C26H22N2O3S/c1-31(2,3)38-30(35)32(4)19-11-12-26-24(17-19)22-9-6-8-21(29(22)39-26)20-7-5-10-23-25(34)18-27(37-28(20)23)33-13-15-36-16-14-33;1-27-16-8-9-23-21(14-16)19-6-3-5-18(26(19)32-23)17-4-2-7-20-22(29)15-24(31-25(17)20)28-10-12-30-13-11-28/h5-12,17-18H,13-16H2,1-4H3;2-9,14-15,27H,10-13H2,1H3. The summed E-state index contributed by atoms with van der Waals surface area (Å²) in [7, 11) is 3.66. The molecule has 0 saturated carbocycles. The molecule has 0 unspecified atom stereocenters. The van der Waals surface area contributed by atoms with Gasteiger partial charge in [0.05, 0.1) is 37.2 Å². The molecule has 2 fully saturated rings. The molecule has 4 aromatic heterocycles. The lowest BCUT2D eigenvalue weighted by Gasteiger charge is -2.27. The summed E-state index contributed by atoms with van der Waals surface area (Å²) in [5.41, 5.74) is 6.34. The highest BCUT2D eigenvalue weighted by Crippen LogP contribution is 2.45. The maximum Gasteiger partial charge on any atom is 0.414 e. The third kappa shape index (κ3) is 8.86. The third-order valence-corrected chi connectivity index (χ3v) is 15.5. The highest BCUT2D eigenvalue weighted by Gasteiger charge is 2.24. The van der Waals surface area contributed by atoms with Crippen molar-refractivity contribution in [2.24, 2.45) is 0 Å². The molecule has 12 rings (SSSR count). The van der Waals surface area contributed by atoms with Crippen molar-refractivity contribution in [3.8, 4) is 22.3 Å². The molecule has 1 N–H and O–H groups in total. The van der Waals surface area contributed by atoms with Gasteiger partial charge < -0.3 is 38.2 Å². The van der Waals surface area contributed by atoms with Crippen LogP contribution in [0.25, 0.3) is 84.5 Å². The minimum Gasteiger partial charge on any atom is -0.443 e. The van der Waals surface area contributed by atoms with Crippen LogP contribution in [-0.4, -0.2) is 78.4 Å². The summed E-state index contributed by atoms with van der Waals surface area (Å²) in [6, 6.07) is 39.8. The number of para-hydroxylation sites is 2. The van der Waals surface area contributed by atoms with Crippen molar-refractivity contribution < 1.29 is 27.8 Å². The van der Waals surface area contributed by atoms with Crippen LogP contribution < -0.4 is 30.9 Å². The first-order valence-corrected chi connectivity index (χ1v) is 25.4. The Bertz CT molecular complexity index is 3800. The fraction of sp³-hybridized carbons (Fsp3) is 0.246. The molecular weight excluding hydrogens is 933 g/mol. The van der Waals surface area contributed by atoms with Crippen LogP contribution in [-0.2, 0) is 14.2 Å². The molecule has 6 aromatic carbocycles. The van der Waals surface area contributed by atoms with Crippen LogP contribution in [0.3, 0.4) is 0 Å². The number of rotatable bonds is 6. The van der Waals surface area contributed by atoms with Gasteiger partial charge in [-0.1, -0.05) is 60.7 Å². The molecule has 2 aliphatic heterocycles. The maximum atomic E-state index is 13.1. The van der Waals surface area contributed by atoms with Crippen LogP contribution in [0.5, 0.6) is 0 Å². The van der Waals surface area contributed by atoms with Crippen molar-refractivity contribution in [1.29, 1.82) is 0 Å². The zero-order chi connectivity index (χ0) is 49.0. The Labute approximate surface area is 417 Å². The SMILES string of the molecule is CN(C(=O)OC(C)(C)C)c1ccc2sc3c(-c4cccc5c(=O)cc(N6CCOCC6)oc45)cccc3c2c1.CNc1ccc2sc3c(-c4cccc5c(=O)cc(N6CCOCC6)oc45)cccc3c2c1. The minimum absolute atomic E-state index is 0.0169. The number of anilines is 4. The van der Waals surface area contributed by atoms with E-state index in [4.69, 9.17) is 23.0 Å². The topological polar surface area (TPSA) is 127 Å². The van der Waals surface area contributed by atoms with Gasteiger partial charge in [-0.15, -0.1) is 22.7 Å². The molecule has 0 radical (unpaired) electrons. The zero-order valence-corrected chi connectivity index (χ0v) is 41.8. The lowest BCUT2D eigenvalue weighted by atomic mass is 10.0. The summed E-state index contributed by atoms with van der Waals surface area (Å²) in [5.74, 6) is 1.18. The number of ether oxygens (including phenoxy) is 3. The van der Waals surface area contributed by atoms with E-state index in [1.165, 1.54) is 25.1 Å². The molecule has 0 atom stereocenters. The highest BCUT2D eigenvalue weighted by atomic mass is 32.1. The average Bonchev–Trinajstić information content (AvgIpc) is 3.96. The number of hydrogen-bond acceptors (Lipinski definition) is 13. The van der Waals surface area contributed by atoms with Crippen molar-refractivity contribution in [3.05, 3.63) is 142 Å². The van der Waals surface area contributed by atoms with Gasteiger partial charge in [0.15, 0.2) is 22.6 Å². The number of nitrogens with zero attached hydrogens (tertiary/aromatic N) is 3. The van der Waals surface area contributed by atoms with Gasteiger partial charge in [-0.2, -0.15) is 0 Å². The van der Waals surface area contributed by atoms with Crippen LogP contribution in [0.15, 0.2) is 140 Å². The number of thiophene rings is 2. The molecule has 71 heavy (non-hydrogen) atoms. The van der Waals surface area contributed by atoms with Crippen molar-refractivity contribution >= 4 is 114 Å². The molecule has 0 bridgehead atoms. The summed E-state index contributed by atoms with van der Waals surface area (Å²) in [4.78, 5) is 44.5. The first-order chi connectivity index (χ1) is 34.4. The van der Waals surface area contributed by atoms with E-state index in [0.717, 1.165) is 66.9 Å². The average molecular weight is 985 g/mol. The number of hydrogen-bond donors (Lipinski definition) is 1. The van der Waals surface area contributed by atoms with E-state index in [0.29, 0.717) is 73.2 Å². The van der Waals surface area contributed by atoms with E-state index in [2.05, 4.69) is 63.6 Å². The number of carbonyl (C=O) groups excluding carboxylic acids is 1. The number of nitrogens with one attached hydrogen (secondary N) is 1. The Kier molecular flexibility index (Phi) is 12.2. The van der Waals surface area contributed by atoms with Gasteiger partial charge in [0, 0.05) is 126 Å². The van der Waals surface area contributed by atoms with Gasteiger partial charge in [-0.25, -0.2) is 4.79 Å². The fourth-order valence-corrected chi connectivity index (χ4v) is 11.9. The first kappa shape index (κ1) is 46.2. The summed E-state index contributed by atoms with van der Waals surface area (Å²) in [6.07, 6.45) is -0.399. The van der Waals surface area contributed by atoms with Crippen molar-refractivity contribution in [2.75, 3.05) is 86.7 Å². The van der Waals surface area contributed by atoms with Crippen LogP contribution in [0, 0.1) is 0 Å². The van der Waals surface area contributed by atoms with Crippen LogP contribution in [0.4, 0.5) is 27.9 Å². The quantitative estimate of drug-likeness (QED) is 0.171. The molecule has 14 heteroatoms. The van der Waals surface area contributed by atoms with Crippen LogP contribution >= 0.6 is 22.7 Å². The molecule has 2 saturated heterocycles. The summed E-state index contributed by atoms with van der Waals surface area (Å²) in [6.45, 7) is 10.9. The van der Waals surface area contributed by atoms with Gasteiger partial charge in [-0.05, 0) is 69.3 Å². The van der Waals surface area contributed by atoms with Gasteiger partial charge >= 0.3 is 6.09 Å². The maximum absolute atomic E-state index is 13.1. The van der Waals surface area contributed by atoms with E-state index < -0.39 is 11.7 Å². The Morgan fingerprint density at radius 1 is 0.577 bits per heavy atom. The predicted molar refractivity (Wildman–Crippen MR) is 292 cm³/mol. The van der Waals surface area contributed by atoms with E-state index in [-0.39, 0.29) is 10.9 Å². The van der Waals surface area contributed by atoms with Crippen molar-refractivity contribution in [2.45, 2.75) is 26.4 Å². The number of morpholine rings is 2. The van der Waals surface area contributed by atoms with E-state index in [9.17, 15) is 14.4 Å². The van der Waals surface area contributed by atoms with Crippen LogP contribution in [0.2, 0.25) is 0 Å². The summed E-state index contributed by atoms with van der Waals surface area (Å²) >= 11 is 3.46. The Balaban J connectivity index is 0.000000157. The Morgan fingerprint density at radius 2 is 1.03 bits per heavy atom. The largest absolute Gasteiger partial charge is 0.443 e. The second kappa shape index (κ2) is 18.8. The summed E-state index contributed by atoms with van der Waals surface area (Å²) in [5, 5.41) is 8.97. The zero-order valence-electron chi connectivity index (χ0n) is 40.1. The molecule has 10 aromatic rings. The van der Waals surface area contributed by atoms with Crippen molar-refractivity contribution in [1.82, 2.24) is 0 Å². The van der Waals surface area contributed by atoms with Gasteiger partial charge in [0.1, 0.15) is 16.8 Å². The Hall–Kier alpha value is -7.23. The van der Waals surface area contributed by atoms with Crippen LogP contribution in [0.1, 0.15) is 20.8 Å². The van der Waals surface area contributed by atoms with E-state index >= 15 is 0 Å². The third-order valence-electron chi connectivity index (χ3n) is 13.0. The van der Waals surface area contributed by atoms with Gasteiger partial charge in [0.2, 0.25) is 0 Å². The molecule has 1 amide bonds. The molecule has 0 aliphatic carbocycles. The number of amides is 1. The van der Waals surface area contributed by atoms with Crippen molar-refractivity contribution in [3.63, 3.8) is 0 Å². The molecule has 360 valence electrons. The normalized spacial score (nSPS) is 14.4.